The number of nitrogens with one attached hydrogen (secondary N) is 1. The van der Waals surface area contributed by atoms with Crippen LogP contribution in [0.15, 0.2) is 71.6 Å². The van der Waals surface area contributed by atoms with Crippen molar-refractivity contribution >= 4 is 27.5 Å². The second kappa shape index (κ2) is 14.7. The van der Waals surface area contributed by atoms with Crippen LogP contribution in [-0.4, -0.2) is 58.5 Å². The fraction of sp³-hybridized carbons (Fsp3) is 0.355. The molecule has 1 unspecified atom stereocenters. The number of anilines is 1. The van der Waals surface area contributed by atoms with Gasteiger partial charge in [0.05, 0.1) is 24.8 Å². The van der Waals surface area contributed by atoms with E-state index in [0.29, 0.717) is 12.3 Å². The second-order valence-corrected chi connectivity index (χ2v) is 11.6. The number of carbonyl (C=O) groups is 2. The van der Waals surface area contributed by atoms with Crippen molar-refractivity contribution in [1.82, 2.24) is 10.2 Å². The Hall–Kier alpha value is -4.12. The number of aryl methyl sites for hydroxylation is 1. The van der Waals surface area contributed by atoms with Crippen molar-refractivity contribution in [2.75, 3.05) is 31.6 Å². The second-order valence-electron chi connectivity index (χ2n) is 9.77. The maximum absolute atomic E-state index is 14.0. The fourth-order valence-electron chi connectivity index (χ4n) is 4.33. The van der Waals surface area contributed by atoms with Gasteiger partial charge in [-0.15, -0.1) is 0 Å². The van der Waals surface area contributed by atoms with Gasteiger partial charge >= 0.3 is 0 Å². The molecule has 0 heterocycles. The predicted octanol–water partition coefficient (Wildman–Crippen LogP) is 4.68. The number of rotatable bonds is 14. The largest absolute Gasteiger partial charge is 0.493 e. The van der Waals surface area contributed by atoms with Crippen LogP contribution < -0.4 is 19.1 Å². The van der Waals surface area contributed by atoms with Crippen molar-refractivity contribution in [3.8, 4) is 11.5 Å². The number of halogens is 1. The lowest BCUT2D eigenvalue weighted by Crippen LogP contribution is -2.51. The van der Waals surface area contributed by atoms with Crippen LogP contribution in [-0.2, 0) is 26.2 Å². The standard InChI is InChI=1S/C31H38FN3O6S/c1-6-7-18-33-31(37)23(3)34(20-24-11-9-8-10-22(24)2)30(36)21-35(26-14-12-25(32)13-15-26)42(38,39)27-16-17-28(40-4)29(19-27)41-5/h8-17,19,23H,6-7,18,20-21H2,1-5H3,(H,33,37). The SMILES string of the molecule is CCCCNC(=O)C(C)N(Cc1ccccc1C)C(=O)CN(c1ccc(F)cc1)S(=O)(=O)c1ccc(OC)c(OC)c1. The maximum atomic E-state index is 14.0. The van der Waals surface area contributed by atoms with Gasteiger partial charge in [-0.1, -0.05) is 37.6 Å². The van der Waals surface area contributed by atoms with Crippen LogP contribution in [0.2, 0.25) is 0 Å². The molecule has 2 amide bonds. The Bertz CT molecular complexity index is 1480. The normalized spacial score (nSPS) is 11.9. The number of hydrogen-bond donors (Lipinski definition) is 1. The molecule has 0 aliphatic rings. The molecule has 0 saturated carbocycles. The first-order valence-electron chi connectivity index (χ1n) is 13.7. The summed E-state index contributed by atoms with van der Waals surface area (Å²) in [5.74, 6) is -1.01. The summed E-state index contributed by atoms with van der Waals surface area (Å²) >= 11 is 0. The molecule has 11 heteroatoms. The first-order valence-corrected chi connectivity index (χ1v) is 15.1. The summed E-state index contributed by atoms with van der Waals surface area (Å²) in [6, 6.07) is 15.5. The molecule has 0 aliphatic heterocycles. The lowest BCUT2D eigenvalue weighted by molar-refractivity contribution is -0.139. The molecule has 1 N–H and O–H groups in total. The van der Waals surface area contributed by atoms with E-state index in [0.717, 1.165) is 40.4 Å². The van der Waals surface area contributed by atoms with Crippen LogP contribution in [0.25, 0.3) is 0 Å². The van der Waals surface area contributed by atoms with Crippen LogP contribution in [0.4, 0.5) is 10.1 Å². The van der Waals surface area contributed by atoms with Crippen LogP contribution >= 0.6 is 0 Å². The van der Waals surface area contributed by atoms with Gasteiger partial charge in [-0.25, -0.2) is 12.8 Å². The zero-order valence-corrected chi connectivity index (χ0v) is 25.4. The van der Waals surface area contributed by atoms with Gasteiger partial charge in [-0.05, 0) is 67.8 Å². The molecular weight excluding hydrogens is 561 g/mol. The molecule has 1 atom stereocenters. The highest BCUT2D eigenvalue weighted by molar-refractivity contribution is 7.92. The Labute approximate surface area is 247 Å². The molecule has 226 valence electrons. The molecule has 0 bridgehead atoms. The smallest absolute Gasteiger partial charge is 0.264 e. The highest BCUT2D eigenvalue weighted by atomic mass is 32.2. The summed E-state index contributed by atoms with van der Waals surface area (Å²) in [5.41, 5.74) is 1.81. The van der Waals surface area contributed by atoms with Gasteiger partial charge in [0.25, 0.3) is 10.0 Å². The third kappa shape index (κ3) is 7.79. The molecule has 3 aromatic rings. The number of nitrogens with zero attached hydrogens (tertiary/aromatic N) is 2. The molecule has 3 aromatic carbocycles. The number of benzene rings is 3. The number of methoxy groups -OCH3 is 2. The van der Waals surface area contributed by atoms with E-state index in [1.165, 1.54) is 49.5 Å². The first-order chi connectivity index (χ1) is 20.0. The fourth-order valence-corrected chi connectivity index (χ4v) is 5.76. The van der Waals surface area contributed by atoms with Gasteiger partial charge < -0.3 is 19.7 Å². The van der Waals surface area contributed by atoms with Crippen molar-refractivity contribution in [3.05, 3.63) is 83.7 Å². The van der Waals surface area contributed by atoms with Crippen LogP contribution in [0, 0.1) is 12.7 Å². The average Bonchev–Trinajstić information content (AvgIpc) is 2.99. The third-order valence-electron chi connectivity index (χ3n) is 6.94. The molecule has 0 saturated heterocycles. The van der Waals surface area contributed by atoms with Crippen molar-refractivity contribution in [2.24, 2.45) is 0 Å². The van der Waals surface area contributed by atoms with Gasteiger partial charge in [0.1, 0.15) is 18.4 Å². The predicted molar refractivity (Wildman–Crippen MR) is 160 cm³/mol. The zero-order chi connectivity index (χ0) is 30.9. The van der Waals surface area contributed by atoms with Gasteiger partial charge in [-0.3, -0.25) is 13.9 Å². The Balaban J connectivity index is 2.05. The number of ether oxygens (including phenoxy) is 2. The topological polar surface area (TPSA) is 105 Å². The molecule has 9 nitrogen and oxygen atoms in total. The minimum Gasteiger partial charge on any atom is -0.493 e. The van der Waals surface area contributed by atoms with Gasteiger partial charge in [0, 0.05) is 19.2 Å². The summed E-state index contributed by atoms with van der Waals surface area (Å²) in [5, 5.41) is 2.86. The molecule has 0 aromatic heterocycles. The summed E-state index contributed by atoms with van der Waals surface area (Å²) in [4.78, 5) is 28.3. The summed E-state index contributed by atoms with van der Waals surface area (Å²) in [6.45, 7) is 5.43. The highest BCUT2D eigenvalue weighted by Gasteiger charge is 2.33. The number of sulfonamides is 1. The summed E-state index contributed by atoms with van der Waals surface area (Å²) in [7, 11) is -1.56. The van der Waals surface area contributed by atoms with Crippen molar-refractivity contribution in [1.29, 1.82) is 0 Å². The molecule has 0 radical (unpaired) electrons. The summed E-state index contributed by atoms with van der Waals surface area (Å²) < 4.78 is 53.3. The molecule has 3 rings (SSSR count). The Morgan fingerprint density at radius 1 is 0.976 bits per heavy atom. The number of carbonyl (C=O) groups excluding carboxylic acids is 2. The third-order valence-corrected chi connectivity index (χ3v) is 8.71. The van der Waals surface area contributed by atoms with E-state index in [2.05, 4.69) is 5.32 Å². The van der Waals surface area contributed by atoms with E-state index in [1.54, 1.807) is 6.92 Å². The monoisotopic (exact) mass is 599 g/mol. The van der Waals surface area contributed by atoms with Crippen molar-refractivity contribution in [2.45, 2.75) is 51.1 Å². The van der Waals surface area contributed by atoms with E-state index >= 15 is 0 Å². The van der Waals surface area contributed by atoms with Gasteiger partial charge in [0.15, 0.2) is 11.5 Å². The number of unbranched alkanes of at least 4 members (excludes halogenated alkanes) is 1. The lowest BCUT2D eigenvalue weighted by Gasteiger charge is -2.32. The van der Waals surface area contributed by atoms with Crippen LogP contribution in [0.5, 0.6) is 11.5 Å². The minimum absolute atomic E-state index is 0.0791. The van der Waals surface area contributed by atoms with Crippen LogP contribution in [0.1, 0.15) is 37.8 Å². The van der Waals surface area contributed by atoms with Gasteiger partial charge in [0.2, 0.25) is 11.8 Å². The van der Waals surface area contributed by atoms with Crippen molar-refractivity contribution < 1.29 is 31.9 Å². The van der Waals surface area contributed by atoms with Crippen molar-refractivity contribution in [3.63, 3.8) is 0 Å². The lowest BCUT2D eigenvalue weighted by atomic mass is 10.1. The van der Waals surface area contributed by atoms with E-state index in [9.17, 15) is 22.4 Å². The molecular formula is C31H38FN3O6S. The van der Waals surface area contributed by atoms with E-state index < -0.39 is 34.3 Å². The molecule has 42 heavy (non-hydrogen) atoms. The molecule has 0 spiro atoms. The Kier molecular flexibility index (Phi) is 11.3. The Morgan fingerprint density at radius 3 is 2.26 bits per heavy atom. The van der Waals surface area contributed by atoms with E-state index in [1.807, 2.05) is 38.1 Å². The first kappa shape index (κ1) is 32.4. The average molecular weight is 600 g/mol. The molecule has 0 aliphatic carbocycles. The number of hydrogen-bond acceptors (Lipinski definition) is 6. The Morgan fingerprint density at radius 2 is 1.64 bits per heavy atom. The number of amides is 2. The summed E-state index contributed by atoms with van der Waals surface area (Å²) in [6.07, 6.45) is 1.67. The van der Waals surface area contributed by atoms with Gasteiger partial charge in [-0.2, -0.15) is 0 Å². The van der Waals surface area contributed by atoms with E-state index in [-0.39, 0.29) is 28.8 Å². The molecule has 0 fully saturated rings. The van der Waals surface area contributed by atoms with Crippen LogP contribution in [0.3, 0.4) is 0 Å². The minimum atomic E-state index is -4.37. The highest BCUT2D eigenvalue weighted by Crippen LogP contribution is 2.32. The maximum Gasteiger partial charge on any atom is 0.264 e. The quantitative estimate of drug-likeness (QED) is 0.270. The van der Waals surface area contributed by atoms with E-state index in [4.69, 9.17) is 9.47 Å². The zero-order valence-electron chi connectivity index (χ0n) is 24.6.